The van der Waals surface area contributed by atoms with Crippen molar-refractivity contribution in [2.24, 2.45) is 5.92 Å². The van der Waals surface area contributed by atoms with Crippen LogP contribution in [0.25, 0.3) is 0 Å². The third-order valence-corrected chi connectivity index (χ3v) is 2.03. The van der Waals surface area contributed by atoms with Crippen LogP contribution < -0.4 is 0 Å². The van der Waals surface area contributed by atoms with Crippen LogP contribution in [-0.2, 0) is 0 Å². The first-order valence-corrected chi connectivity index (χ1v) is 3.49. The number of hydrogen-bond donors (Lipinski definition) is 0. The molecular weight excluding hydrogens is 108 g/mol. The van der Waals surface area contributed by atoms with Gasteiger partial charge in [0.1, 0.15) is 0 Å². The molecule has 0 N–H and O–H groups in total. The van der Waals surface area contributed by atoms with Gasteiger partial charge in [-0.05, 0) is 12.8 Å². The van der Waals surface area contributed by atoms with E-state index in [1.807, 2.05) is 0 Å². The first-order chi connectivity index (χ1) is 4.47. The van der Waals surface area contributed by atoms with Crippen LogP contribution in [-0.4, -0.2) is 0 Å². The second kappa shape index (κ2) is 1.87. The Bertz CT molecular complexity index is 194. The van der Waals surface area contributed by atoms with E-state index in [4.69, 9.17) is 0 Å². The zero-order chi connectivity index (χ0) is 6.10. The van der Waals surface area contributed by atoms with Crippen molar-refractivity contribution in [1.29, 1.82) is 0 Å². The van der Waals surface area contributed by atoms with Crippen molar-refractivity contribution in [2.75, 3.05) is 0 Å². The number of fused-ring (bicyclic) bond motifs is 1. The summed E-state index contributed by atoms with van der Waals surface area (Å²) in [5, 5.41) is 0. The van der Waals surface area contributed by atoms with Gasteiger partial charge in [0.25, 0.3) is 0 Å². The number of allylic oxidation sites excluding steroid dienone is 6. The van der Waals surface area contributed by atoms with E-state index >= 15 is 0 Å². The maximum absolute atomic E-state index is 2.31. The third-order valence-electron chi connectivity index (χ3n) is 2.03. The summed E-state index contributed by atoms with van der Waals surface area (Å²) in [6, 6.07) is 0. The lowest BCUT2D eigenvalue weighted by Gasteiger charge is -2.10. The lowest BCUT2D eigenvalue weighted by atomic mass is 9.95. The van der Waals surface area contributed by atoms with Crippen LogP contribution in [0.5, 0.6) is 0 Å². The fourth-order valence-electron chi connectivity index (χ4n) is 1.48. The second-order valence-corrected chi connectivity index (χ2v) is 2.64. The van der Waals surface area contributed by atoms with E-state index in [2.05, 4.69) is 30.4 Å². The Morgan fingerprint density at radius 2 is 2.33 bits per heavy atom. The van der Waals surface area contributed by atoms with E-state index in [9.17, 15) is 0 Å². The average molecular weight is 118 g/mol. The topological polar surface area (TPSA) is 0 Å². The molecule has 1 unspecified atom stereocenters. The Kier molecular flexibility index (Phi) is 1.05. The molecule has 2 aliphatic rings. The van der Waals surface area contributed by atoms with Crippen LogP contribution in [0.3, 0.4) is 0 Å². The summed E-state index contributed by atoms with van der Waals surface area (Å²) < 4.78 is 0. The standard InChI is InChI=1S/C9H10/c1-2-5-9-7-3-6-8(9)4-1/h1-4,7,9H,5-6H2. The van der Waals surface area contributed by atoms with Crippen molar-refractivity contribution < 1.29 is 0 Å². The zero-order valence-electron chi connectivity index (χ0n) is 5.38. The normalized spacial score (nSPS) is 30.2. The Balaban J connectivity index is 2.29. The summed E-state index contributed by atoms with van der Waals surface area (Å²) in [6.45, 7) is 0. The highest BCUT2D eigenvalue weighted by Crippen LogP contribution is 2.29. The molecule has 0 saturated heterocycles. The third kappa shape index (κ3) is 0.748. The largest absolute Gasteiger partial charge is 0.0838 e. The zero-order valence-corrected chi connectivity index (χ0v) is 5.38. The van der Waals surface area contributed by atoms with Gasteiger partial charge in [-0.15, -0.1) is 0 Å². The molecule has 0 aromatic carbocycles. The van der Waals surface area contributed by atoms with E-state index < -0.39 is 0 Å². The van der Waals surface area contributed by atoms with Gasteiger partial charge in [-0.1, -0.05) is 36.0 Å². The molecular formula is C9H10. The number of rotatable bonds is 0. The van der Waals surface area contributed by atoms with Gasteiger partial charge in [-0.25, -0.2) is 0 Å². The highest BCUT2D eigenvalue weighted by molar-refractivity contribution is 5.30. The number of hydrogen-bond acceptors (Lipinski definition) is 0. The maximum atomic E-state index is 2.31. The monoisotopic (exact) mass is 118 g/mol. The van der Waals surface area contributed by atoms with Crippen LogP contribution in [0.2, 0.25) is 0 Å². The van der Waals surface area contributed by atoms with Gasteiger partial charge in [-0.2, -0.15) is 0 Å². The minimum atomic E-state index is 0.759. The molecule has 0 aliphatic heterocycles. The molecule has 0 heteroatoms. The van der Waals surface area contributed by atoms with Crippen LogP contribution in [0, 0.1) is 5.92 Å². The Labute approximate surface area is 55.6 Å². The van der Waals surface area contributed by atoms with Gasteiger partial charge in [0.2, 0.25) is 0 Å². The van der Waals surface area contributed by atoms with Crippen molar-refractivity contribution in [3.63, 3.8) is 0 Å². The average Bonchev–Trinajstić information content (AvgIpc) is 2.33. The SMILES string of the molecule is C1=CCC2C=CCC2=C1. The van der Waals surface area contributed by atoms with Crippen LogP contribution in [0.1, 0.15) is 12.8 Å². The summed E-state index contributed by atoms with van der Waals surface area (Å²) in [4.78, 5) is 0. The summed E-state index contributed by atoms with van der Waals surface area (Å²) in [5.41, 5.74) is 1.59. The molecule has 0 spiro atoms. The quantitative estimate of drug-likeness (QED) is 0.428. The molecule has 0 amide bonds. The van der Waals surface area contributed by atoms with Crippen molar-refractivity contribution in [3.05, 3.63) is 36.0 Å². The molecule has 1 atom stereocenters. The smallest absolute Gasteiger partial charge is 0.00177 e. The van der Waals surface area contributed by atoms with Crippen LogP contribution in [0.4, 0.5) is 0 Å². The van der Waals surface area contributed by atoms with Crippen molar-refractivity contribution in [2.45, 2.75) is 12.8 Å². The molecule has 46 valence electrons. The van der Waals surface area contributed by atoms with Gasteiger partial charge in [0, 0.05) is 5.92 Å². The van der Waals surface area contributed by atoms with Crippen molar-refractivity contribution in [1.82, 2.24) is 0 Å². The summed E-state index contributed by atoms with van der Waals surface area (Å²) >= 11 is 0. The molecule has 0 heterocycles. The predicted octanol–water partition coefficient (Wildman–Crippen LogP) is 2.45. The van der Waals surface area contributed by atoms with E-state index in [0.29, 0.717) is 0 Å². The fourth-order valence-corrected chi connectivity index (χ4v) is 1.48. The van der Waals surface area contributed by atoms with E-state index in [1.165, 1.54) is 12.8 Å². The highest BCUT2D eigenvalue weighted by Gasteiger charge is 2.14. The summed E-state index contributed by atoms with van der Waals surface area (Å²) in [7, 11) is 0. The minimum absolute atomic E-state index is 0.759. The van der Waals surface area contributed by atoms with Gasteiger partial charge < -0.3 is 0 Å². The van der Waals surface area contributed by atoms with E-state index in [-0.39, 0.29) is 0 Å². The lowest BCUT2D eigenvalue weighted by Crippen LogP contribution is -1.96. The molecule has 0 nitrogen and oxygen atoms in total. The predicted molar refractivity (Wildman–Crippen MR) is 39.1 cm³/mol. The molecule has 2 rings (SSSR count). The van der Waals surface area contributed by atoms with Gasteiger partial charge in [0.15, 0.2) is 0 Å². The second-order valence-electron chi connectivity index (χ2n) is 2.64. The summed E-state index contributed by atoms with van der Waals surface area (Å²) in [5.74, 6) is 0.759. The molecule has 0 radical (unpaired) electrons. The van der Waals surface area contributed by atoms with Crippen molar-refractivity contribution >= 4 is 0 Å². The molecule has 2 aliphatic carbocycles. The molecule has 0 aromatic rings. The maximum Gasteiger partial charge on any atom is 0.00177 e. The molecule has 0 aromatic heterocycles. The minimum Gasteiger partial charge on any atom is -0.0838 e. The fraction of sp³-hybridized carbons (Fsp3) is 0.333. The van der Waals surface area contributed by atoms with Crippen LogP contribution in [0.15, 0.2) is 36.0 Å². The summed E-state index contributed by atoms with van der Waals surface area (Å²) in [6.07, 6.45) is 13.6. The highest BCUT2D eigenvalue weighted by atomic mass is 14.2. The Hall–Kier alpha value is -0.780. The van der Waals surface area contributed by atoms with E-state index in [1.54, 1.807) is 5.57 Å². The Morgan fingerprint density at radius 3 is 3.22 bits per heavy atom. The van der Waals surface area contributed by atoms with Gasteiger partial charge in [-0.3, -0.25) is 0 Å². The first-order valence-electron chi connectivity index (χ1n) is 3.49. The van der Waals surface area contributed by atoms with Crippen molar-refractivity contribution in [3.8, 4) is 0 Å². The van der Waals surface area contributed by atoms with E-state index in [0.717, 1.165) is 5.92 Å². The van der Waals surface area contributed by atoms with Gasteiger partial charge in [0.05, 0.1) is 0 Å². The molecule has 0 bridgehead atoms. The molecule has 0 saturated carbocycles. The van der Waals surface area contributed by atoms with Crippen LogP contribution >= 0.6 is 0 Å². The Morgan fingerprint density at radius 1 is 1.33 bits per heavy atom. The van der Waals surface area contributed by atoms with Gasteiger partial charge >= 0.3 is 0 Å². The lowest BCUT2D eigenvalue weighted by molar-refractivity contribution is 0.777. The molecule has 9 heavy (non-hydrogen) atoms. The first kappa shape index (κ1) is 5.04. The molecule has 0 fully saturated rings.